The van der Waals surface area contributed by atoms with Gasteiger partial charge in [-0.2, -0.15) is 35.5 Å². The van der Waals surface area contributed by atoms with E-state index >= 15 is 0 Å². The van der Waals surface area contributed by atoms with Crippen LogP contribution in [0.5, 0.6) is 0 Å². The summed E-state index contributed by atoms with van der Waals surface area (Å²) >= 11 is 1.33. The molecule has 46 heavy (non-hydrogen) atoms. The minimum absolute atomic E-state index is 0. The molecule has 0 saturated carbocycles. The number of rotatable bonds is 4. The predicted molar refractivity (Wildman–Crippen MR) is 187 cm³/mol. The summed E-state index contributed by atoms with van der Waals surface area (Å²) in [6, 6.07) is 52.0. The molecule has 0 heterocycles. The van der Waals surface area contributed by atoms with Crippen LogP contribution in [0.3, 0.4) is 0 Å². The molecular weight excluding hydrogens is 826 g/mol. The Balaban J connectivity index is 0.000000153. The van der Waals surface area contributed by atoms with Gasteiger partial charge in [0, 0.05) is 0 Å². The van der Waals surface area contributed by atoms with Crippen LogP contribution in [0, 0.1) is 12.2 Å². The molecule has 0 nitrogen and oxygen atoms in total. The van der Waals surface area contributed by atoms with Gasteiger partial charge < -0.3 is 24.8 Å². The molecule has 0 N–H and O–H groups in total. The Bertz CT molecular complexity index is 1880. The van der Waals surface area contributed by atoms with Crippen LogP contribution < -0.4 is 33.6 Å². The van der Waals surface area contributed by atoms with Crippen molar-refractivity contribution in [1.29, 1.82) is 0 Å². The van der Waals surface area contributed by atoms with Crippen molar-refractivity contribution in [2.45, 2.75) is 12.8 Å². The minimum atomic E-state index is -1.06. The number of fused-ring (bicyclic) bond motifs is 2. The Hall–Kier alpha value is -3.21. The second kappa shape index (κ2) is 18.2. The molecule has 0 aliphatic heterocycles. The van der Waals surface area contributed by atoms with Crippen LogP contribution in [0.1, 0.15) is 24.0 Å². The van der Waals surface area contributed by atoms with E-state index in [-0.39, 0.29) is 24.8 Å². The first kappa shape index (κ1) is 35.6. The van der Waals surface area contributed by atoms with Crippen molar-refractivity contribution in [3.05, 3.63) is 193 Å². The number of hydrogen-bond acceptors (Lipinski definition) is 0. The van der Waals surface area contributed by atoms with Crippen molar-refractivity contribution in [3.63, 3.8) is 0 Å². The van der Waals surface area contributed by atoms with E-state index in [1.54, 1.807) is 8.79 Å². The molecule has 6 aromatic rings. The van der Waals surface area contributed by atoms with Crippen molar-refractivity contribution in [2.24, 2.45) is 0 Å². The van der Waals surface area contributed by atoms with Crippen LogP contribution in [0.25, 0.3) is 32.7 Å². The fourth-order valence-electron chi connectivity index (χ4n) is 5.30. The van der Waals surface area contributed by atoms with Gasteiger partial charge in [0.15, 0.2) is 0 Å². The zero-order valence-corrected chi connectivity index (χ0v) is 32.5. The van der Waals surface area contributed by atoms with Crippen molar-refractivity contribution >= 4 is 51.5 Å². The Morgan fingerprint density at radius 2 is 0.804 bits per heavy atom. The first-order valence-electron chi connectivity index (χ1n) is 15.0. The molecule has 224 valence electrons. The second-order valence-electron chi connectivity index (χ2n) is 10.6. The van der Waals surface area contributed by atoms with E-state index in [1.807, 2.05) is 0 Å². The van der Waals surface area contributed by atoms with Crippen molar-refractivity contribution < 1.29 is 46.1 Å². The first-order valence-corrected chi connectivity index (χ1v) is 27.5. The van der Waals surface area contributed by atoms with Crippen molar-refractivity contribution in [2.75, 3.05) is 0 Å². The van der Waals surface area contributed by atoms with Crippen LogP contribution in [0.4, 0.5) is 0 Å². The van der Waals surface area contributed by atoms with Gasteiger partial charge in [-0.3, -0.25) is 0 Å². The molecule has 2 aliphatic carbocycles. The molecule has 0 saturated heterocycles. The summed E-state index contributed by atoms with van der Waals surface area (Å²) in [6.45, 7) is 0. The summed E-state index contributed by atoms with van der Waals surface area (Å²) in [5.74, 6) is 0. The second-order valence-corrected chi connectivity index (χ2v) is 24.0. The Kier molecular flexibility index (Phi) is 14.1. The van der Waals surface area contributed by atoms with Crippen molar-refractivity contribution in [1.82, 2.24) is 0 Å². The van der Waals surface area contributed by atoms with Crippen LogP contribution in [-0.4, -0.2) is 10.1 Å². The van der Waals surface area contributed by atoms with Crippen LogP contribution in [0.15, 0.2) is 170 Å². The summed E-state index contributed by atoms with van der Waals surface area (Å²) < 4.78 is 3.20. The maximum atomic E-state index is 3.34. The molecule has 4 heteroatoms. The fraction of sp³-hybridized carbons (Fsp3) is 0.0476. The SMILES string of the molecule is [C-]1=C(c2ccc3ccccc3c2)C=CC1.[C-]1=C(c2ccc3ccccc3c2)C=CC1.[Cl-].[Cl-].[Hf+2]=[Ge]([c]1ccccc1)[c]1ccccc1. The van der Waals surface area contributed by atoms with Gasteiger partial charge >= 0.3 is 101 Å². The van der Waals surface area contributed by atoms with Crippen LogP contribution in [-0.2, 0) is 21.3 Å². The van der Waals surface area contributed by atoms with E-state index in [0.717, 1.165) is 12.8 Å². The molecular formula is C42H32Cl2GeHf-2. The molecule has 0 bridgehead atoms. The van der Waals surface area contributed by atoms with Gasteiger partial charge in [0.2, 0.25) is 0 Å². The van der Waals surface area contributed by atoms with Crippen LogP contribution in [0.2, 0.25) is 0 Å². The third-order valence-corrected chi connectivity index (χ3v) is 22.2. The average molecular weight is 859 g/mol. The Labute approximate surface area is 301 Å². The van der Waals surface area contributed by atoms with Gasteiger partial charge in [-0.05, 0) is 21.5 Å². The van der Waals surface area contributed by atoms with E-state index < -0.39 is 10.1 Å². The van der Waals surface area contributed by atoms with Gasteiger partial charge in [0.25, 0.3) is 0 Å². The van der Waals surface area contributed by atoms with Gasteiger partial charge in [-0.1, -0.05) is 73.5 Å². The molecule has 0 amide bonds. The molecule has 0 fully saturated rings. The zero-order valence-electron chi connectivity index (χ0n) is 25.3. The van der Waals surface area contributed by atoms with Gasteiger partial charge in [0.1, 0.15) is 0 Å². The number of halogens is 2. The molecule has 2 aliphatic rings. The summed E-state index contributed by atoms with van der Waals surface area (Å²) in [7, 11) is -1.06. The molecule has 0 unspecified atom stereocenters. The standard InChI is InChI=1S/2C15H11.C12H10Ge.2ClH.Hf/c2*1-2-6-12(5-1)15-10-9-13-7-3-4-8-14(13)11-15;1-3-7-11(8-4-1)13-12-9-5-2-6-10-12;;;/h2*1,3-5,7-11H,2H2;1-10H;2*1H;/q2*-1;;;;+2/p-2. The molecule has 0 aromatic heterocycles. The molecule has 0 radical (unpaired) electrons. The van der Waals surface area contributed by atoms with E-state index in [0.29, 0.717) is 0 Å². The topological polar surface area (TPSA) is 0 Å². The number of allylic oxidation sites excluding steroid dienone is 8. The summed E-state index contributed by atoms with van der Waals surface area (Å²) in [4.78, 5) is 0. The third-order valence-electron chi connectivity index (χ3n) is 7.64. The van der Waals surface area contributed by atoms with E-state index in [2.05, 4.69) is 182 Å². The van der Waals surface area contributed by atoms with E-state index in [1.165, 1.54) is 65.1 Å². The average Bonchev–Trinajstić information content (AvgIpc) is 3.85. The van der Waals surface area contributed by atoms with Gasteiger partial charge in [0.05, 0.1) is 0 Å². The molecule has 0 spiro atoms. The quantitative estimate of drug-likeness (QED) is 0.189. The molecule has 0 atom stereocenters. The Morgan fingerprint density at radius 3 is 1.17 bits per heavy atom. The summed E-state index contributed by atoms with van der Waals surface area (Å²) in [5.41, 5.74) is 4.98. The number of benzene rings is 6. The molecule has 8 rings (SSSR count). The maximum absolute atomic E-state index is 3.34. The normalized spacial score (nSPS) is 12.5. The monoisotopic (exact) mass is 860 g/mol. The van der Waals surface area contributed by atoms with E-state index in [4.69, 9.17) is 0 Å². The van der Waals surface area contributed by atoms with Crippen LogP contribution >= 0.6 is 0 Å². The number of hydrogen-bond donors (Lipinski definition) is 0. The van der Waals surface area contributed by atoms with Gasteiger partial charge in [-0.25, -0.2) is 0 Å². The Morgan fingerprint density at radius 1 is 0.435 bits per heavy atom. The zero-order chi connectivity index (χ0) is 30.0. The van der Waals surface area contributed by atoms with E-state index in [9.17, 15) is 0 Å². The molecule has 6 aromatic carbocycles. The summed E-state index contributed by atoms with van der Waals surface area (Å²) in [5, 5.41) is 5.18. The summed E-state index contributed by atoms with van der Waals surface area (Å²) in [6.07, 6.45) is 17.2. The third kappa shape index (κ3) is 9.42. The predicted octanol–water partition coefficient (Wildman–Crippen LogP) is 3.32. The fourth-order valence-corrected chi connectivity index (χ4v) is 14.4. The van der Waals surface area contributed by atoms with Crippen molar-refractivity contribution in [3.8, 4) is 0 Å². The first-order chi connectivity index (χ1) is 21.7. The van der Waals surface area contributed by atoms with Gasteiger partial charge in [-0.15, -0.1) is 47.5 Å².